The molecule has 50 valence electrons. The molecule has 10 heavy (non-hydrogen) atoms. The van der Waals surface area contributed by atoms with Gasteiger partial charge >= 0.3 is 0 Å². The van der Waals surface area contributed by atoms with E-state index in [-0.39, 0.29) is 0 Å². The molecule has 0 saturated heterocycles. The summed E-state index contributed by atoms with van der Waals surface area (Å²) in [5.41, 5.74) is 3.24. The van der Waals surface area contributed by atoms with Crippen molar-refractivity contribution >= 4 is 22.6 Å². The van der Waals surface area contributed by atoms with Crippen molar-refractivity contribution in [3.05, 3.63) is 23.2 Å². The zero-order valence-corrected chi connectivity index (χ0v) is 6.35. The Morgan fingerprint density at radius 3 is 3.20 bits per heavy atom. The van der Waals surface area contributed by atoms with Gasteiger partial charge in [-0.05, 0) is 30.1 Å². The number of hydrogen-bond donors (Lipinski definition) is 0. The molecule has 0 amide bonds. The molecule has 0 N–H and O–H groups in total. The number of aromatic nitrogens is 2. The first-order valence-corrected chi connectivity index (χ1v) is 3.87. The molecule has 2 nitrogen and oxygen atoms in total. The summed E-state index contributed by atoms with van der Waals surface area (Å²) in [5.74, 6) is 0. The van der Waals surface area contributed by atoms with Gasteiger partial charge in [-0.1, -0.05) is 0 Å². The second-order valence-electron chi connectivity index (χ2n) is 2.18. The molecule has 2 aromatic heterocycles. The van der Waals surface area contributed by atoms with Gasteiger partial charge in [0.2, 0.25) is 0 Å². The molecule has 0 atom stereocenters. The lowest BCUT2D eigenvalue weighted by Gasteiger charge is -1.89. The Morgan fingerprint density at radius 1 is 1.50 bits per heavy atom. The van der Waals surface area contributed by atoms with Crippen molar-refractivity contribution in [1.29, 1.82) is 0 Å². The minimum Gasteiger partial charge on any atom is -0.254 e. The average molecular weight is 150 g/mol. The van der Waals surface area contributed by atoms with E-state index >= 15 is 0 Å². The van der Waals surface area contributed by atoms with E-state index in [1.54, 1.807) is 0 Å². The molecule has 0 aliphatic rings. The predicted molar refractivity (Wildman–Crippen MR) is 42.2 cm³/mol. The maximum atomic E-state index is 4.20. The molecule has 0 aliphatic carbocycles. The fourth-order valence-electron chi connectivity index (χ4n) is 0.905. The van der Waals surface area contributed by atoms with Crippen LogP contribution in [0.1, 0.15) is 5.56 Å². The van der Waals surface area contributed by atoms with E-state index < -0.39 is 0 Å². The van der Waals surface area contributed by atoms with Crippen molar-refractivity contribution in [2.75, 3.05) is 0 Å². The van der Waals surface area contributed by atoms with Crippen LogP contribution in [0, 0.1) is 6.92 Å². The Kier molecular flexibility index (Phi) is 1.17. The Bertz CT molecular complexity index is 353. The fourth-order valence-corrected chi connectivity index (χ4v) is 1.57. The molecule has 0 aliphatic heterocycles. The van der Waals surface area contributed by atoms with E-state index in [1.165, 1.54) is 17.1 Å². The second kappa shape index (κ2) is 2.02. The smallest absolute Gasteiger partial charge is 0.105 e. The minimum absolute atomic E-state index is 1.00. The van der Waals surface area contributed by atoms with Crippen LogP contribution in [-0.4, -0.2) is 9.36 Å². The summed E-state index contributed by atoms with van der Waals surface area (Å²) in [6, 6.07) is 1.97. The average Bonchev–Trinajstić information content (AvgIpc) is 2.36. The fraction of sp³-hybridized carbons (Fsp3) is 0.143. The number of rotatable bonds is 0. The summed E-state index contributed by atoms with van der Waals surface area (Å²) in [7, 11) is 0. The van der Waals surface area contributed by atoms with E-state index in [1.807, 2.05) is 24.6 Å². The van der Waals surface area contributed by atoms with E-state index in [0.717, 1.165) is 11.0 Å². The van der Waals surface area contributed by atoms with Crippen molar-refractivity contribution in [3.8, 4) is 0 Å². The van der Waals surface area contributed by atoms with Gasteiger partial charge in [0, 0.05) is 11.6 Å². The highest BCUT2D eigenvalue weighted by molar-refractivity contribution is 7.04. The summed E-state index contributed by atoms with van der Waals surface area (Å²) in [6.07, 6.45) is 1.81. The van der Waals surface area contributed by atoms with Crippen LogP contribution in [0.5, 0.6) is 0 Å². The second-order valence-corrected chi connectivity index (χ2v) is 2.81. The molecule has 2 heterocycles. The van der Waals surface area contributed by atoms with E-state index in [0.29, 0.717) is 0 Å². The van der Waals surface area contributed by atoms with Gasteiger partial charge < -0.3 is 0 Å². The first kappa shape index (κ1) is 5.80. The largest absolute Gasteiger partial charge is 0.254 e. The van der Waals surface area contributed by atoms with Gasteiger partial charge in [-0.25, -0.2) is 0 Å². The SMILES string of the molecule is Cc1ccnc2csnc12. The lowest BCUT2D eigenvalue weighted by molar-refractivity contribution is 1.36. The molecular weight excluding hydrogens is 144 g/mol. The van der Waals surface area contributed by atoms with Gasteiger partial charge in [-0.15, -0.1) is 0 Å². The van der Waals surface area contributed by atoms with Crippen LogP contribution in [0.15, 0.2) is 17.6 Å². The van der Waals surface area contributed by atoms with Crippen molar-refractivity contribution < 1.29 is 0 Å². The van der Waals surface area contributed by atoms with Crippen LogP contribution in [0.25, 0.3) is 11.0 Å². The van der Waals surface area contributed by atoms with Crippen molar-refractivity contribution in [3.63, 3.8) is 0 Å². The minimum atomic E-state index is 1.00. The summed E-state index contributed by atoms with van der Waals surface area (Å²) in [6.45, 7) is 2.05. The molecule has 0 bridgehead atoms. The standard InChI is InChI=1S/C7H6N2S/c1-5-2-3-8-6-4-10-9-7(5)6/h2-4H,1H3. The van der Waals surface area contributed by atoms with E-state index in [9.17, 15) is 0 Å². The highest BCUT2D eigenvalue weighted by atomic mass is 32.1. The van der Waals surface area contributed by atoms with E-state index in [2.05, 4.69) is 9.36 Å². The number of nitrogens with zero attached hydrogens (tertiary/aromatic N) is 2. The molecule has 2 rings (SSSR count). The predicted octanol–water partition coefficient (Wildman–Crippen LogP) is 2.00. The third-order valence-electron chi connectivity index (χ3n) is 1.46. The van der Waals surface area contributed by atoms with Gasteiger partial charge in [0.1, 0.15) is 11.0 Å². The van der Waals surface area contributed by atoms with Crippen molar-refractivity contribution in [1.82, 2.24) is 9.36 Å². The summed E-state index contributed by atoms with van der Waals surface area (Å²) >= 11 is 1.45. The third-order valence-corrected chi connectivity index (χ3v) is 2.08. The zero-order chi connectivity index (χ0) is 6.97. The number of hydrogen-bond acceptors (Lipinski definition) is 3. The third kappa shape index (κ3) is 0.708. The number of fused-ring (bicyclic) bond motifs is 1. The van der Waals surface area contributed by atoms with Crippen LogP contribution >= 0.6 is 11.5 Å². The molecule has 0 unspecified atom stereocenters. The molecule has 0 fully saturated rings. The summed E-state index contributed by atoms with van der Waals surface area (Å²) < 4.78 is 4.20. The lowest BCUT2D eigenvalue weighted by atomic mass is 10.2. The molecule has 0 saturated carbocycles. The van der Waals surface area contributed by atoms with Gasteiger partial charge in [0.05, 0.1) is 0 Å². The lowest BCUT2D eigenvalue weighted by Crippen LogP contribution is -1.77. The Morgan fingerprint density at radius 2 is 2.40 bits per heavy atom. The van der Waals surface area contributed by atoms with Gasteiger partial charge in [0.15, 0.2) is 0 Å². The molecule has 0 radical (unpaired) electrons. The van der Waals surface area contributed by atoms with Crippen LogP contribution in [0.4, 0.5) is 0 Å². The van der Waals surface area contributed by atoms with Crippen LogP contribution < -0.4 is 0 Å². The van der Waals surface area contributed by atoms with Gasteiger partial charge in [-0.2, -0.15) is 4.37 Å². The molecule has 2 aromatic rings. The zero-order valence-electron chi connectivity index (χ0n) is 5.53. The normalized spacial score (nSPS) is 10.5. The first-order chi connectivity index (χ1) is 4.88. The van der Waals surface area contributed by atoms with Crippen LogP contribution in [0.3, 0.4) is 0 Å². The first-order valence-electron chi connectivity index (χ1n) is 3.03. The summed E-state index contributed by atoms with van der Waals surface area (Å²) in [5, 5.41) is 1.96. The van der Waals surface area contributed by atoms with Crippen molar-refractivity contribution in [2.45, 2.75) is 6.92 Å². The highest BCUT2D eigenvalue weighted by Crippen LogP contribution is 2.14. The monoisotopic (exact) mass is 150 g/mol. The van der Waals surface area contributed by atoms with Crippen LogP contribution in [0.2, 0.25) is 0 Å². The van der Waals surface area contributed by atoms with Crippen molar-refractivity contribution in [2.24, 2.45) is 0 Å². The maximum Gasteiger partial charge on any atom is 0.105 e. The molecule has 3 heteroatoms. The van der Waals surface area contributed by atoms with E-state index in [4.69, 9.17) is 0 Å². The molecule has 0 aromatic carbocycles. The quantitative estimate of drug-likeness (QED) is 0.574. The molecule has 0 spiro atoms. The summed E-state index contributed by atoms with van der Waals surface area (Å²) in [4.78, 5) is 4.15. The van der Waals surface area contributed by atoms with Crippen LogP contribution in [-0.2, 0) is 0 Å². The Balaban J connectivity index is 2.95. The number of pyridine rings is 1. The maximum absolute atomic E-state index is 4.20. The Labute approximate surface area is 62.7 Å². The van der Waals surface area contributed by atoms with Gasteiger partial charge in [0.25, 0.3) is 0 Å². The van der Waals surface area contributed by atoms with Gasteiger partial charge in [-0.3, -0.25) is 4.98 Å². The Hall–Kier alpha value is -0.960. The highest BCUT2D eigenvalue weighted by Gasteiger charge is 1.97. The topological polar surface area (TPSA) is 25.8 Å². The molecular formula is C7H6N2S. The number of aryl methyl sites for hydroxylation is 1.